The predicted molar refractivity (Wildman–Crippen MR) is 206 cm³/mol. The van der Waals surface area contributed by atoms with E-state index in [2.05, 4.69) is 194 Å². The highest BCUT2D eigenvalue weighted by molar-refractivity contribution is 6.00. The maximum Gasteiger partial charge on any atom is 0.0540 e. The van der Waals surface area contributed by atoms with Gasteiger partial charge < -0.3 is 9.80 Å². The summed E-state index contributed by atoms with van der Waals surface area (Å²) in [4.78, 5) is 4.80. The molecule has 0 unspecified atom stereocenters. The second kappa shape index (κ2) is 12.7. The molecule has 2 heteroatoms. The van der Waals surface area contributed by atoms with Crippen LogP contribution in [0, 0.1) is 13.8 Å². The zero-order valence-electron chi connectivity index (χ0n) is 27.5. The average Bonchev–Trinajstić information content (AvgIpc) is 3.13. The minimum atomic E-state index is 1.05. The van der Waals surface area contributed by atoms with Crippen molar-refractivity contribution in [2.24, 2.45) is 0 Å². The van der Waals surface area contributed by atoms with E-state index >= 15 is 0 Å². The SMILES string of the molecule is Cc1cc(N(C2=CCCC=C2)c2cccc3ccccc23)ccc1-c1ccc(N(c2ccccc2)c2cccc3ccccc23)cc1C. The molecule has 48 heavy (non-hydrogen) atoms. The van der Waals surface area contributed by atoms with Gasteiger partial charge in [0, 0.05) is 33.5 Å². The molecule has 0 radical (unpaired) electrons. The topological polar surface area (TPSA) is 6.48 Å². The van der Waals surface area contributed by atoms with Crippen molar-refractivity contribution in [3.63, 3.8) is 0 Å². The van der Waals surface area contributed by atoms with E-state index in [9.17, 15) is 0 Å². The molecule has 7 aromatic rings. The molecule has 0 N–H and O–H groups in total. The van der Waals surface area contributed by atoms with Crippen molar-refractivity contribution in [3.05, 3.63) is 187 Å². The molecule has 0 bridgehead atoms. The Morgan fingerprint density at radius 1 is 0.438 bits per heavy atom. The number of aryl methyl sites for hydroxylation is 2. The normalized spacial score (nSPS) is 12.7. The molecule has 0 saturated carbocycles. The number of hydrogen-bond acceptors (Lipinski definition) is 2. The van der Waals surface area contributed by atoms with Crippen LogP contribution in [0.5, 0.6) is 0 Å². The molecule has 7 aromatic carbocycles. The zero-order chi connectivity index (χ0) is 32.5. The van der Waals surface area contributed by atoms with Gasteiger partial charge in [0.25, 0.3) is 0 Å². The summed E-state index contributed by atoms with van der Waals surface area (Å²) in [5, 5.41) is 4.97. The first-order chi connectivity index (χ1) is 23.7. The maximum absolute atomic E-state index is 2.42. The lowest BCUT2D eigenvalue weighted by atomic mass is 9.94. The minimum Gasteiger partial charge on any atom is -0.310 e. The summed E-state index contributed by atoms with van der Waals surface area (Å²) >= 11 is 0. The summed E-state index contributed by atoms with van der Waals surface area (Å²) in [6, 6.07) is 55.0. The van der Waals surface area contributed by atoms with Gasteiger partial charge in [0.2, 0.25) is 0 Å². The highest BCUT2D eigenvalue weighted by atomic mass is 15.2. The lowest BCUT2D eigenvalue weighted by Crippen LogP contribution is -2.16. The Hall–Kier alpha value is -5.86. The van der Waals surface area contributed by atoms with E-state index in [4.69, 9.17) is 0 Å². The van der Waals surface area contributed by atoms with Gasteiger partial charge in [-0.25, -0.2) is 0 Å². The first kappa shape index (κ1) is 29.5. The Morgan fingerprint density at radius 3 is 1.52 bits per heavy atom. The summed E-state index contributed by atoms with van der Waals surface area (Å²) in [5.41, 5.74) is 12.1. The van der Waals surface area contributed by atoms with Gasteiger partial charge in [0.05, 0.1) is 11.4 Å². The Balaban J connectivity index is 1.20. The van der Waals surface area contributed by atoms with Gasteiger partial charge in [-0.05, 0) is 114 Å². The van der Waals surface area contributed by atoms with Gasteiger partial charge in [0.15, 0.2) is 0 Å². The lowest BCUT2D eigenvalue weighted by molar-refractivity contribution is 0.998. The third kappa shape index (κ3) is 5.46. The molecule has 0 spiro atoms. The van der Waals surface area contributed by atoms with Crippen LogP contribution in [-0.4, -0.2) is 0 Å². The summed E-state index contributed by atoms with van der Waals surface area (Å²) in [7, 11) is 0. The number of para-hydroxylation sites is 1. The smallest absolute Gasteiger partial charge is 0.0540 e. The van der Waals surface area contributed by atoms with Gasteiger partial charge in [-0.1, -0.05) is 115 Å². The number of benzene rings is 7. The molecule has 0 amide bonds. The first-order valence-electron chi connectivity index (χ1n) is 16.8. The van der Waals surface area contributed by atoms with Gasteiger partial charge in [0.1, 0.15) is 0 Å². The van der Waals surface area contributed by atoms with Crippen molar-refractivity contribution in [2.45, 2.75) is 26.7 Å². The van der Waals surface area contributed by atoms with Crippen molar-refractivity contribution in [1.29, 1.82) is 0 Å². The highest BCUT2D eigenvalue weighted by Gasteiger charge is 2.20. The molecule has 1 aliphatic carbocycles. The van der Waals surface area contributed by atoms with Gasteiger partial charge >= 0.3 is 0 Å². The summed E-state index contributed by atoms with van der Waals surface area (Å²) in [5.74, 6) is 0. The van der Waals surface area contributed by atoms with Crippen LogP contribution in [0.1, 0.15) is 24.0 Å². The Labute approximate surface area is 283 Å². The number of anilines is 5. The average molecular weight is 619 g/mol. The van der Waals surface area contributed by atoms with Crippen LogP contribution < -0.4 is 9.80 Å². The van der Waals surface area contributed by atoms with E-state index in [-0.39, 0.29) is 0 Å². The van der Waals surface area contributed by atoms with Crippen LogP contribution in [0.15, 0.2) is 176 Å². The second-order valence-electron chi connectivity index (χ2n) is 12.6. The molecule has 0 aromatic heterocycles. The van der Waals surface area contributed by atoms with E-state index in [0.29, 0.717) is 0 Å². The molecule has 232 valence electrons. The molecule has 0 saturated heterocycles. The van der Waals surface area contributed by atoms with Crippen molar-refractivity contribution in [1.82, 2.24) is 0 Å². The quantitative estimate of drug-likeness (QED) is 0.175. The number of rotatable bonds is 7. The molecule has 2 nitrogen and oxygen atoms in total. The number of nitrogens with zero attached hydrogens (tertiary/aromatic N) is 2. The van der Waals surface area contributed by atoms with Crippen LogP contribution >= 0.6 is 0 Å². The molecular weight excluding hydrogens is 581 g/mol. The Morgan fingerprint density at radius 2 is 0.958 bits per heavy atom. The van der Waals surface area contributed by atoms with Crippen LogP contribution in [0.25, 0.3) is 32.7 Å². The Kier molecular flexibility index (Phi) is 7.84. The van der Waals surface area contributed by atoms with Crippen LogP contribution in [0.3, 0.4) is 0 Å². The standard InChI is InChI=1S/C46H38N2/c1-33-31-39(47(37-19-5-3-6-20-37)45-25-13-17-35-15-9-11-23-43(35)45)27-29-41(33)42-30-28-40(32-34(42)2)48(38-21-7-4-8-22-38)46-26-14-18-36-16-10-12-24-44(36)46/h3,5-7,9-32H,4,8H2,1-2H3. The third-order valence-corrected chi connectivity index (χ3v) is 9.49. The van der Waals surface area contributed by atoms with E-state index in [1.807, 2.05) is 0 Å². The van der Waals surface area contributed by atoms with E-state index < -0.39 is 0 Å². The van der Waals surface area contributed by atoms with Gasteiger partial charge in [-0.2, -0.15) is 0 Å². The molecule has 8 rings (SSSR count). The first-order valence-corrected chi connectivity index (χ1v) is 16.8. The van der Waals surface area contributed by atoms with Crippen LogP contribution in [0.2, 0.25) is 0 Å². The monoisotopic (exact) mass is 618 g/mol. The fourth-order valence-corrected chi connectivity index (χ4v) is 7.18. The highest BCUT2D eigenvalue weighted by Crippen LogP contribution is 2.42. The minimum absolute atomic E-state index is 1.05. The van der Waals surface area contributed by atoms with Crippen LogP contribution in [-0.2, 0) is 0 Å². The fraction of sp³-hybridized carbons (Fsp3) is 0.0870. The van der Waals surface area contributed by atoms with Crippen LogP contribution in [0.4, 0.5) is 28.4 Å². The number of hydrogen-bond donors (Lipinski definition) is 0. The van der Waals surface area contributed by atoms with E-state index in [1.165, 1.54) is 66.6 Å². The second-order valence-corrected chi connectivity index (χ2v) is 12.6. The Bertz CT molecular complexity index is 2320. The van der Waals surface area contributed by atoms with Gasteiger partial charge in [-0.3, -0.25) is 0 Å². The maximum atomic E-state index is 2.42. The molecule has 0 atom stereocenters. The van der Waals surface area contributed by atoms with E-state index in [0.717, 1.165) is 24.2 Å². The fourth-order valence-electron chi connectivity index (χ4n) is 7.18. The summed E-state index contributed by atoms with van der Waals surface area (Å²) in [6.45, 7) is 4.48. The van der Waals surface area contributed by atoms with Crippen molar-refractivity contribution < 1.29 is 0 Å². The lowest BCUT2D eigenvalue weighted by Gasteiger charge is -2.30. The van der Waals surface area contributed by atoms with Gasteiger partial charge in [-0.15, -0.1) is 0 Å². The zero-order valence-corrected chi connectivity index (χ0v) is 27.5. The largest absolute Gasteiger partial charge is 0.310 e. The molecule has 0 heterocycles. The summed E-state index contributed by atoms with van der Waals surface area (Å²) in [6.07, 6.45) is 9.06. The summed E-state index contributed by atoms with van der Waals surface area (Å²) < 4.78 is 0. The predicted octanol–water partition coefficient (Wildman–Crippen LogP) is 13.1. The number of allylic oxidation sites excluding steroid dienone is 3. The molecule has 0 fully saturated rings. The molecular formula is C46H38N2. The third-order valence-electron chi connectivity index (χ3n) is 9.49. The van der Waals surface area contributed by atoms with Crippen molar-refractivity contribution >= 4 is 50.0 Å². The van der Waals surface area contributed by atoms with Crippen molar-refractivity contribution in [3.8, 4) is 11.1 Å². The number of fused-ring (bicyclic) bond motifs is 2. The van der Waals surface area contributed by atoms with Crippen molar-refractivity contribution in [2.75, 3.05) is 9.80 Å². The molecule has 0 aliphatic heterocycles. The van der Waals surface area contributed by atoms with E-state index in [1.54, 1.807) is 0 Å². The molecule has 1 aliphatic rings.